The second-order valence-electron chi connectivity index (χ2n) is 1.20. The SMILES string of the molecule is O=S(=O)(OI)N(F)C(F)(F)F. The smallest absolute Gasteiger partial charge is 0.185 e. The average molecular weight is 309 g/mol. The lowest BCUT2D eigenvalue weighted by molar-refractivity contribution is -0.268. The van der Waals surface area contributed by atoms with E-state index in [1.54, 1.807) is 0 Å². The second-order valence-corrected chi connectivity index (χ2v) is 3.58. The summed E-state index contributed by atoms with van der Waals surface area (Å²) in [5.41, 5.74) is 0. The Labute approximate surface area is 73.0 Å². The van der Waals surface area contributed by atoms with Gasteiger partial charge in [-0.3, -0.25) is 0 Å². The third kappa shape index (κ3) is 3.04. The number of alkyl halides is 3. The van der Waals surface area contributed by atoms with Crippen LogP contribution in [0.2, 0.25) is 0 Å². The van der Waals surface area contributed by atoms with E-state index < -0.39 is 21.1 Å². The van der Waals surface area contributed by atoms with Crippen molar-refractivity contribution in [2.24, 2.45) is 0 Å². The molecule has 0 amide bonds. The first-order chi connectivity index (χ1) is 4.72. The van der Waals surface area contributed by atoms with Gasteiger partial charge < -0.3 is 0 Å². The molecule has 0 unspecified atom stereocenters. The van der Waals surface area contributed by atoms with E-state index in [1.165, 1.54) is 0 Å². The largest absolute Gasteiger partial charge is 0.503 e. The standard InChI is InChI=1S/CF4INO3S/c2-1(3,4)7(5)11(8,9)10-6. The lowest BCUT2D eigenvalue weighted by Crippen LogP contribution is -2.35. The Balaban J connectivity index is 4.64. The van der Waals surface area contributed by atoms with Crippen LogP contribution in [0.1, 0.15) is 0 Å². The minimum Gasteiger partial charge on any atom is -0.185 e. The first kappa shape index (κ1) is 11.3. The summed E-state index contributed by atoms with van der Waals surface area (Å²) in [6.07, 6.45) is -5.61. The van der Waals surface area contributed by atoms with Crippen molar-refractivity contribution in [1.82, 2.24) is 4.53 Å². The number of nitrogens with zero attached hydrogens (tertiary/aromatic N) is 1. The molecule has 0 aromatic carbocycles. The minimum atomic E-state index is -5.61. The minimum absolute atomic E-state index is 0.616. The molecule has 0 saturated heterocycles. The van der Waals surface area contributed by atoms with Crippen LogP contribution in [0.4, 0.5) is 17.7 Å². The maximum Gasteiger partial charge on any atom is 0.503 e. The van der Waals surface area contributed by atoms with Gasteiger partial charge in [0.2, 0.25) is 0 Å². The molecular weight excluding hydrogens is 309 g/mol. The van der Waals surface area contributed by atoms with Gasteiger partial charge in [-0.25, -0.2) is 0 Å². The van der Waals surface area contributed by atoms with Crippen LogP contribution in [0.3, 0.4) is 0 Å². The molecular formula is CF4INO3S. The molecule has 0 radical (unpaired) electrons. The van der Waals surface area contributed by atoms with Gasteiger partial charge in [-0.2, -0.15) is 24.1 Å². The fourth-order valence-corrected chi connectivity index (χ4v) is 0.878. The van der Waals surface area contributed by atoms with Gasteiger partial charge in [-0.1, -0.05) is 0 Å². The van der Waals surface area contributed by atoms with Crippen LogP contribution in [0.15, 0.2) is 0 Å². The highest BCUT2D eigenvalue weighted by molar-refractivity contribution is 14.1. The topological polar surface area (TPSA) is 46.6 Å². The second kappa shape index (κ2) is 3.37. The van der Waals surface area contributed by atoms with Crippen molar-refractivity contribution in [2.45, 2.75) is 6.30 Å². The van der Waals surface area contributed by atoms with Gasteiger partial charge in [-0.05, 0) is 0 Å². The first-order valence-corrected chi connectivity index (χ1v) is 4.04. The zero-order chi connectivity index (χ0) is 9.28. The summed E-state index contributed by atoms with van der Waals surface area (Å²) in [5, 5.41) is 0. The van der Waals surface area contributed by atoms with Gasteiger partial charge >= 0.3 is 16.6 Å². The predicted octanol–water partition coefficient (Wildman–Crippen LogP) is 1.30. The van der Waals surface area contributed by atoms with E-state index in [0.717, 1.165) is 0 Å². The van der Waals surface area contributed by atoms with Gasteiger partial charge in [0.15, 0.2) is 0 Å². The van der Waals surface area contributed by atoms with Gasteiger partial charge in [-0.15, -0.1) is 4.48 Å². The van der Waals surface area contributed by atoms with E-state index in [-0.39, 0.29) is 0 Å². The molecule has 0 atom stereocenters. The predicted molar refractivity (Wildman–Crippen MR) is 33.0 cm³/mol. The van der Waals surface area contributed by atoms with Crippen LogP contribution < -0.4 is 0 Å². The summed E-state index contributed by atoms with van der Waals surface area (Å²) >= 11 is 0.616. The molecule has 0 spiro atoms. The fraction of sp³-hybridized carbons (Fsp3) is 1.00. The molecule has 0 saturated carbocycles. The first-order valence-electron chi connectivity index (χ1n) is 1.80. The molecule has 0 aromatic rings. The average Bonchev–Trinajstić information content (AvgIpc) is 1.84. The van der Waals surface area contributed by atoms with Crippen LogP contribution in [-0.2, 0) is 12.8 Å². The summed E-state index contributed by atoms with van der Waals surface area (Å²) in [7, 11) is -5.33. The molecule has 0 N–H and O–H groups in total. The van der Waals surface area contributed by atoms with Crippen LogP contribution in [-0.4, -0.2) is 19.2 Å². The van der Waals surface area contributed by atoms with E-state index in [9.17, 15) is 26.1 Å². The van der Waals surface area contributed by atoms with E-state index in [0.29, 0.717) is 23.0 Å². The van der Waals surface area contributed by atoms with Crippen molar-refractivity contribution < 1.29 is 28.6 Å². The lowest BCUT2D eigenvalue weighted by atomic mass is 11.2. The molecule has 10 heteroatoms. The summed E-state index contributed by atoms with van der Waals surface area (Å²) in [5.74, 6) is 0. The van der Waals surface area contributed by atoms with Crippen molar-refractivity contribution in [3.63, 3.8) is 0 Å². The van der Waals surface area contributed by atoms with Crippen LogP contribution in [0, 0.1) is 0 Å². The Morgan fingerprint density at radius 3 is 1.82 bits per heavy atom. The van der Waals surface area contributed by atoms with Crippen molar-refractivity contribution >= 4 is 33.3 Å². The Hall–Kier alpha value is 0.320. The summed E-state index contributed by atoms with van der Waals surface area (Å²) in [4.78, 5) is 0. The summed E-state index contributed by atoms with van der Waals surface area (Å²) in [6.45, 7) is 0. The molecule has 0 aliphatic heterocycles. The van der Waals surface area contributed by atoms with Gasteiger partial charge in [0.05, 0.1) is 4.53 Å². The quantitative estimate of drug-likeness (QED) is 0.334. The highest BCUT2D eigenvalue weighted by Gasteiger charge is 2.48. The highest BCUT2D eigenvalue weighted by Crippen LogP contribution is 2.26. The Kier molecular flexibility index (Phi) is 3.46. The van der Waals surface area contributed by atoms with Crippen molar-refractivity contribution in [2.75, 3.05) is 0 Å². The Morgan fingerprint density at radius 2 is 1.73 bits per heavy atom. The van der Waals surface area contributed by atoms with E-state index >= 15 is 0 Å². The van der Waals surface area contributed by atoms with Crippen molar-refractivity contribution in [1.29, 1.82) is 0 Å². The fourth-order valence-electron chi connectivity index (χ4n) is 0.152. The molecule has 68 valence electrons. The zero-order valence-corrected chi connectivity index (χ0v) is 7.44. The Morgan fingerprint density at radius 1 is 1.36 bits per heavy atom. The van der Waals surface area contributed by atoms with E-state index in [2.05, 4.69) is 2.51 Å². The molecule has 0 aliphatic carbocycles. The molecule has 4 nitrogen and oxygen atoms in total. The third-order valence-corrected chi connectivity index (χ3v) is 2.60. The maximum absolute atomic E-state index is 11.7. The van der Waals surface area contributed by atoms with Crippen LogP contribution in [0.5, 0.6) is 0 Å². The normalized spacial score (nSPS) is 14.0. The van der Waals surface area contributed by atoms with E-state index in [1.807, 2.05) is 0 Å². The summed E-state index contributed by atoms with van der Waals surface area (Å²) in [6, 6.07) is 0. The molecule has 0 fully saturated rings. The number of rotatable bonds is 2. The zero-order valence-electron chi connectivity index (χ0n) is 4.47. The van der Waals surface area contributed by atoms with Crippen molar-refractivity contribution in [3.05, 3.63) is 0 Å². The molecule has 0 bridgehead atoms. The van der Waals surface area contributed by atoms with Crippen molar-refractivity contribution in [3.8, 4) is 0 Å². The van der Waals surface area contributed by atoms with Crippen LogP contribution >= 0.6 is 23.0 Å². The van der Waals surface area contributed by atoms with E-state index in [4.69, 9.17) is 0 Å². The third-order valence-electron chi connectivity index (χ3n) is 0.475. The highest BCUT2D eigenvalue weighted by atomic mass is 127. The number of halogens is 5. The summed E-state index contributed by atoms with van der Waals surface area (Å²) < 4.78 is 66.1. The molecule has 0 rings (SSSR count). The monoisotopic (exact) mass is 309 g/mol. The molecule has 11 heavy (non-hydrogen) atoms. The molecule has 0 aliphatic rings. The number of hydrogen-bond donors (Lipinski definition) is 0. The van der Waals surface area contributed by atoms with Crippen LogP contribution in [0.25, 0.3) is 0 Å². The van der Waals surface area contributed by atoms with Gasteiger partial charge in [0.1, 0.15) is 23.0 Å². The van der Waals surface area contributed by atoms with Gasteiger partial charge in [0, 0.05) is 0 Å². The Bertz CT molecular complexity index is 222. The lowest BCUT2D eigenvalue weighted by Gasteiger charge is -2.11. The maximum atomic E-state index is 11.7. The number of hydrogen-bond acceptors (Lipinski definition) is 3. The molecule has 0 heterocycles. The van der Waals surface area contributed by atoms with Gasteiger partial charge in [0.25, 0.3) is 0 Å². The molecule has 0 aromatic heterocycles.